The molecule has 34 heavy (non-hydrogen) atoms. The Morgan fingerprint density at radius 3 is 2.65 bits per heavy atom. The molecule has 0 radical (unpaired) electrons. The molecule has 2 saturated heterocycles. The maximum atomic E-state index is 12.4. The fourth-order valence-electron chi connectivity index (χ4n) is 5.29. The van der Waals surface area contributed by atoms with Gasteiger partial charge in [0, 0.05) is 48.8 Å². The van der Waals surface area contributed by atoms with Gasteiger partial charge in [0.25, 0.3) is 0 Å². The lowest BCUT2D eigenvalue weighted by Gasteiger charge is -2.48. The molecular formula is C24H27N7O3. The van der Waals surface area contributed by atoms with Crippen molar-refractivity contribution in [3.63, 3.8) is 0 Å². The molecule has 3 N–H and O–H groups in total. The number of pyridine rings is 1. The topological polar surface area (TPSA) is 124 Å². The van der Waals surface area contributed by atoms with Crippen LogP contribution >= 0.6 is 0 Å². The molecule has 3 amide bonds. The van der Waals surface area contributed by atoms with E-state index >= 15 is 0 Å². The lowest BCUT2D eigenvalue weighted by atomic mass is 9.73. The summed E-state index contributed by atoms with van der Waals surface area (Å²) in [5.41, 5.74) is 1.74. The van der Waals surface area contributed by atoms with Crippen LogP contribution in [-0.2, 0) is 0 Å². The largest absolute Gasteiger partial charge is 0.465 e. The molecule has 0 spiro atoms. The number of benzene rings is 1. The molecule has 10 nitrogen and oxygen atoms in total. The molecule has 1 aromatic carbocycles. The number of piperazine rings is 1. The van der Waals surface area contributed by atoms with Gasteiger partial charge in [0.15, 0.2) is 5.82 Å². The van der Waals surface area contributed by atoms with Crippen molar-refractivity contribution in [1.82, 2.24) is 19.9 Å². The third-order valence-electron chi connectivity index (χ3n) is 7.09. The number of rotatable bonds is 3. The van der Waals surface area contributed by atoms with E-state index in [1.54, 1.807) is 17.2 Å². The molecule has 2 fully saturated rings. The Balaban J connectivity index is 1.40. The van der Waals surface area contributed by atoms with Crippen LogP contribution in [0.15, 0.2) is 49.1 Å². The van der Waals surface area contributed by atoms with E-state index in [0.29, 0.717) is 24.6 Å². The third kappa shape index (κ3) is 3.55. The Bertz CT molecular complexity index is 1260. The first-order chi connectivity index (χ1) is 16.2. The predicted molar refractivity (Wildman–Crippen MR) is 129 cm³/mol. The summed E-state index contributed by atoms with van der Waals surface area (Å²) in [5.74, 6) is 0.355. The zero-order valence-electron chi connectivity index (χ0n) is 19.3. The molecule has 0 saturated carbocycles. The Hall–Kier alpha value is -3.95. The van der Waals surface area contributed by atoms with Crippen molar-refractivity contribution < 1.29 is 14.7 Å². The SMILES string of the molecule is CC(C)(C)[C@]12C[C@@H](CN1C(=O)O)N(c1ccc3c(NC(=O)Nc4cnccn4)ccnc3c1)C2. The normalized spacial score (nSPS) is 21.7. The summed E-state index contributed by atoms with van der Waals surface area (Å²) in [5, 5.41) is 16.1. The predicted octanol–water partition coefficient (Wildman–Crippen LogP) is 4.03. The van der Waals surface area contributed by atoms with Gasteiger partial charge in [-0.25, -0.2) is 14.6 Å². The minimum absolute atomic E-state index is 0.117. The summed E-state index contributed by atoms with van der Waals surface area (Å²) in [7, 11) is 0. The summed E-state index contributed by atoms with van der Waals surface area (Å²) >= 11 is 0. The van der Waals surface area contributed by atoms with Crippen LogP contribution in [-0.4, -0.2) is 61.8 Å². The number of carbonyl (C=O) groups is 2. The van der Waals surface area contributed by atoms with Crippen LogP contribution in [0.4, 0.5) is 26.8 Å². The van der Waals surface area contributed by atoms with Gasteiger partial charge in [-0.2, -0.15) is 0 Å². The average Bonchev–Trinajstić information content (AvgIpc) is 3.38. The van der Waals surface area contributed by atoms with Crippen molar-refractivity contribution >= 4 is 40.2 Å². The van der Waals surface area contributed by atoms with Gasteiger partial charge in [-0.15, -0.1) is 0 Å². The lowest BCUT2D eigenvalue weighted by Crippen LogP contribution is -2.61. The van der Waals surface area contributed by atoms with Crippen molar-refractivity contribution in [2.45, 2.75) is 38.8 Å². The zero-order valence-corrected chi connectivity index (χ0v) is 19.3. The molecule has 2 bridgehead atoms. The highest BCUT2D eigenvalue weighted by Crippen LogP contribution is 2.51. The number of carbonyl (C=O) groups excluding carboxylic acids is 1. The summed E-state index contributed by atoms with van der Waals surface area (Å²) < 4.78 is 0. The number of hydrogen-bond acceptors (Lipinski definition) is 6. The van der Waals surface area contributed by atoms with Crippen LogP contribution in [0, 0.1) is 5.41 Å². The number of urea groups is 1. The number of anilines is 3. The van der Waals surface area contributed by atoms with Crippen molar-refractivity contribution in [3.8, 4) is 0 Å². The van der Waals surface area contributed by atoms with E-state index in [2.05, 4.69) is 51.3 Å². The Kier molecular flexibility index (Phi) is 5.03. The van der Waals surface area contributed by atoms with Crippen molar-refractivity contribution in [1.29, 1.82) is 0 Å². The molecule has 0 unspecified atom stereocenters. The molecule has 10 heteroatoms. The first-order valence-corrected chi connectivity index (χ1v) is 11.2. The molecule has 2 aliphatic rings. The number of hydrogen-bond donors (Lipinski definition) is 3. The van der Waals surface area contributed by atoms with Crippen molar-refractivity contribution in [2.75, 3.05) is 28.6 Å². The first-order valence-electron chi connectivity index (χ1n) is 11.2. The number of fused-ring (bicyclic) bond motifs is 3. The van der Waals surface area contributed by atoms with Gasteiger partial charge >= 0.3 is 12.1 Å². The van der Waals surface area contributed by atoms with E-state index in [9.17, 15) is 14.7 Å². The van der Waals surface area contributed by atoms with Gasteiger partial charge < -0.3 is 15.3 Å². The van der Waals surface area contributed by atoms with Crippen LogP contribution < -0.4 is 15.5 Å². The summed E-state index contributed by atoms with van der Waals surface area (Å²) in [6.45, 7) is 7.46. The van der Waals surface area contributed by atoms with E-state index in [-0.39, 0.29) is 11.5 Å². The van der Waals surface area contributed by atoms with E-state index in [1.807, 2.05) is 18.2 Å². The highest BCUT2D eigenvalue weighted by Gasteiger charge is 2.61. The number of nitrogens with zero attached hydrogens (tertiary/aromatic N) is 5. The molecular weight excluding hydrogens is 434 g/mol. The second kappa shape index (κ2) is 7.82. The minimum Gasteiger partial charge on any atom is -0.465 e. The monoisotopic (exact) mass is 461 g/mol. The van der Waals surface area contributed by atoms with E-state index in [0.717, 1.165) is 23.0 Å². The van der Waals surface area contributed by atoms with Gasteiger partial charge in [-0.3, -0.25) is 20.2 Å². The first kappa shape index (κ1) is 21.9. The summed E-state index contributed by atoms with van der Waals surface area (Å²) in [6.07, 6.45) is 6.11. The highest BCUT2D eigenvalue weighted by molar-refractivity contribution is 6.05. The molecule has 2 aliphatic heterocycles. The van der Waals surface area contributed by atoms with Gasteiger partial charge in [-0.1, -0.05) is 20.8 Å². The molecule has 3 aromatic rings. The maximum Gasteiger partial charge on any atom is 0.407 e. The zero-order chi connectivity index (χ0) is 24.1. The Morgan fingerprint density at radius 2 is 1.94 bits per heavy atom. The van der Waals surface area contributed by atoms with Crippen LogP contribution in [0.1, 0.15) is 27.2 Å². The molecule has 4 heterocycles. The van der Waals surface area contributed by atoms with Crippen LogP contribution in [0.25, 0.3) is 10.9 Å². The van der Waals surface area contributed by atoms with Crippen molar-refractivity contribution in [2.24, 2.45) is 5.41 Å². The smallest absolute Gasteiger partial charge is 0.407 e. The van der Waals surface area contributed by atoms with Gasteiger partial charge in [0.1, 0.15) is 0 Å². The van der Waals surface area contributed by atoms with Gasteiger partial charge in [-0.05, 0) is 36.1 Å². The number of nitrogens with one attached hydrogen (secondary N) is 2. The molecule has 0 aliphatic carbocycles. The molecule has 5 rings (SSSR count). The highest BCUT2D eigenvalue weighted by atomic mass is 16.4. The number of aromatic nitrogens is 3. The van der Waals surface area contributed by atoms with Gasteiger partial charge in [0.2, 0.25) is 0 Å². The molecule has 2 aromatic heterocycles. The number of carboxylic acid groups (broad SMARTS) is 1. The fourth-order valence-corrected chi connectivity index (χ4v) is 5.29. The molecule has 2 atom stereocenters. The van der Waals surface area contributed by atoms with Crippen LogP contribution in [0.2, 0.25) is 0 Å². The quantitative estimate of drug-likeness (QED) is 0.538. The Labute approximate surface area is 197 Å². The molecule has 176 valence electrons. The number of likely N-dealkylation sites (tertiary alicyclic amines) is 1. The fraction of sp³-hybridized carbons (Fsp3) is 0.375. The summed E-state index contributed by atoms with van der Waals surface area (Å²) in [6, 6.07) is 7.40. The van der Waals surface area contributed by atoms with Crippen molar-refractivity contribution in [3.05, 3.63) is 49.1 Å². The second-order valence-corrected chi connectivity index (χ2v) is 9.89. The van der Waals surface area contributed by atoms with E-state index in [4.69, 9.17) is 0 Å². The van der Waals surface area contributed by atoms with Gasteiger partial charge in [0.05, 0.1) is 22.9 Å². The summed E-state index contributed by atoms with van der Waals surface area (Å²) in [4.78, 5) is 40.8. The standard InChI is InChI=1S/C24H27N7O3/c1-23(2,3)24-11-16(13-31(24)22(33)34)30(14-24)15-4-5-17-18(6-7-26-19(17)10-15)28-21(32)29-20-12-25-8-9-27-20/h4-10,12,16H,11,13-14H2,1-3H3,(H,33,34)(H2,26,27,28,29,32)/t16-,24+/m0/s1. The lowest BCUT2D eigenvalue weighted by molar-refractivity contribution is 0.0363. The second-order valence-electron chi connectivity index (χ2n) is 9.89. The van der Waals surface area contributed by atoms with Crippen LogP contribution in [0.5, 0.6) is 0 Å². The van der Waals surface area contributed by atoms with E-state index < -0.39 is 17.7 Å². The van der Waals surface area contributed by atoms with E-state index in [1.165, 1.54) is 18.6 Å². The number of amides is 3. The average molecular weight is 462 g/mol. The maximum absolute atomic E-state index is 12.4. The Morgan fingerprint density at radius 1 is 1.12 bits per heavy atom. The minimum atomic E-state index is -0.854. The van der Waals surface area contributed by atoms with Crippen LogP contribution in [0.3, 0.4) is 0 Å². The third-order valence-corrected chi connectivity index (χ3v) is 7.09.